The van der Waals surface area contributed by atoms with Crippen molar-refractivity contribution in [3.05, 3.63) is 29.3 Å². The van der Waals surface area contributed by atoms with E-state index in [1.807, 2.05) is 0 Å². The fourth-order valence-electron chi connectivity index (χ4n) is 1.92. The summed E-state index contributed by atoms with van der Waals surface area (Å²) in [4.78, 5) is 0. The number of aryl methyl sites for hydroxylation is 1. The maximum Gasteiger partial charge on any atom is 0.122 e. The molecule has 0 saturated heterocycles. The van der Waals surface area contributed by atoms with Gasteiger partial charge >= 0.3 is 0 Å². The third kappa shape index (κ3) is 2.51. The first-order chi connectivity index (χ1) is 7.20. The molecule has 0 spiro atoms. The van der Waals surface area contributed by atoms with Crippen LogP contribution in [0.3, 0.4) is 0 Å². The lowest BCUT2D eigenvalue weighted by Gasteiger charge is -2.13. The molecule has 1 aliphatic rings. The smallest absolute Gasteiger partial charge is 0.122 e. The van der Waals surface area contributed by atoms with Gasteiger partial charge in [-0.3, -0.25) is 0 Å². The number of nitrogens with two attached hydrogens (primary N) is 1. The summed E-state index contributed by atoms with van der Waals surface area (Å²) in [6, 6.07) is 6.45. The van der Waals surface area contributed by atoms with Gasteiger partial charge in [-0.15, -0.1) is 0 Å². The molecule has 0 bridgehead atoms. The van der Waals surface area contributed by atoms with Gasteiger partial charge in [0.05, 0.1) is 7.11 Å². The van der Waals surface area contributed by atoms with Gasteiger partial charge in [-0.1, -0.05) is 25.0 Å². The first-order valence-corrected chi connectivity index (χ1v) is 5.61. The second kappa shape index (κ2) is 4.23. The molecule has 0 amide bonds. The van der Waals surface area contributed by atoms with Gasteiger partial charge in [0.25, 0.3) is 0 Å². The molecule has 1 saturated carbocycles. The Hall–Kier alpha value is -1.02. The van der Waals surface area contributed by atoms with E-state index in [0.29, 0.717) is 0 Å². The summed E-state index contributed by atoms with van der Waals surface area (Å²) < 4.78 is 5.30. The molecular weight excluding hydrogens is 186 g/mol. The van der Waals surface area contributed by atoms with E-state index in [4.69, 9.17) is 10.5 Å². The lowest BCUT2D eigenvalue weighted by molar-refractivity contribution is 0.410. The second-order valence-corrected chi connectivity index (χ2v) is 4.51. The van der Waals surface area contributed by atoms with Crippen molar-refractivity contribution in [2.45, 2.75) is 32.2 Å². The Bertz CT molecular complexity index is 344. The summed E-state index contributed by atoms with van der Waals surface area (Å²) in [7, 11) is 1.71. The SMILES string of the molecule is COc1cc(C(N)CC2CC2)ccc1C. The average Bonchev–Trinajstić information content (AvgIpc) is 3.02. The number of methoxy groups -OCH3 is 1. The first kappa shape index (κ1) is 10.5. The average molecular weight is 205 g/mol. The normalized spacial score (nSPS) is 17.5. The fraction of sp³-hybridized carbons (Fsp3) is 0.538. The third-order valence-corrected chi connectivity index (χ3v) is 3.14. The topological polar surface area (TPSA) is 35.2 Å². The minimum Gasteiger partial charge on any atom is -0.496 e. The van der Waals surface area contributed by atoms with Gasteiger partial charge in [0.15, 0.2) is 0 Å². The van der Waals surface area contributed by atoms with E-state index in [1.165, 1.54) is 24.0 Å². The number of ether oxygens (including phenoxy) is 1. The molecule has 1 unspecified atom stereocenters. The lowest BCUT2D eigenvalue weighted by Crippen LogP contribution is -2.11. The van der Waals surface area contributed by atoms with E-state index in [1.54, 1.807) is 7.11 Å². The van der Waals surface area contributed by atoms with Crippen LogP contribution in [-0.4, -0.2) is 7.11 Å². The molecule has 0 aromatic heterocycles. The molecule has 1 atom stereocenters. The predicted molar refractivity (Wildman–Crippen MR) is 62.0 cm³/mol. The summed E-state index contributed by atoms with van der Waals surface area (Å²) >= 11 is 0. The van der Waals surface area contributed by atoms with Crippen molar-refractivity contribution in [3.8, 4) is 5.75 Å². The Morgan fingerprint density at radius 2 is 2.20 bits per heavy atom. The minimum atomic E-state index is 0.173. The van der Waals surface area contributed by atoms with Crippen molar-refractivity contribution in [1.29, 1.82) is 0 Å². The number of hydrogen-bond acceptors (Lipinski definition) is 2. The van der Waals surface area contributed by atoms with Crippen LogP contribution in [0.15, 0.2) is 18.2 Å². The van der Waals surface area contributed by atoms with Gasteiger partial charge < -0.3 is 10.5 Å². The maximum atomic E-state index is 6.15. The molecule has 0 aliphatic heterocycles. The molecule has 2 heteroatoms. The summed E-state index contributed by atoms with van der Waals surface area (Å²) in [5, 5.41) is 0. The van der Waals surface area contributed by atoms with Crippen LogP contribution in [-0.2, 0) is 0 Å². The Labute approximate surface area is 91.4 Å². The van der Waals surface area contributed by atoms with Crippen LogP contribution in [0.1, 0.15) is 36.4 Å². The second-order valence-electron chi connectivity index (χ2n) is 4.51. The van der Waals surface area contributed by atoms with E-state index >= 15 is 0 Å². The van der Waals surface area contributed by atoms with Gasteiger partial charge in [-0.25, -0.2) is 0 Å². The molecule has 1 aliphatic carbocycles. The van der Waals surface area contributed by atoms with Crippen LogP contribution in [0.2, 0.25) is 0 Å². The zero-order chi connectivity index (χ0) is 10.8. The monoisotopic (exact) mass is 205 g/mol. The van der Waals surface area contributed by atoms with Crippen LogP contribution in [0.25, 0.3) is 0 Å². The zero-order valence-corrected chi connectivity index (χ0v) is 9.49. The van der Waals surface area contributed by atoms with Crippen molar-refractivity contribution >= 4 is 0 Å². The van der Waals surface area contributed by atoms with Gasteiger partial charge in [0.2, 0.25) is 0 Å². The lowest BCUT2D eigenvalue weighted by atomic mass is 10.0. The van der Waals surface area contributed by atoms with Crippen molar-refractivity contribution in [2.75, 3.05) is 7.11 Å². The van der Waals surface area contributed by atoms with E-state index in [2.05, 4.69) is 25.1 Å². The molecule has 1 fully saturated rings. The number of rotatable bonds is 4. The molecule has 0 heterocycles. The Morgan fingerprint density at radius 3 is 2.80 bits per heavy atom. The van der Waals surface area contributed by atoms with Gasteiger partial charge in [0, 0.05) is 6.04 Å². The van der Waals surface area contributed by atoms with Gasteiger partial charge in [-0.05, 0) is 36.5 Å². The van der Waals surface area contributed by atoms with Crippen LogP contribution < -0.4 is 10.5 Å². The maximum absolute atomic E-state index is 6.15. The van der Waals surface area contributed by atoms with Crippen molar-refractivity contribution in [1.82, 2.24) is 0 Å². The molecule has 2 N–H and O–H groups in total. The molecule has 82 valence electrons. The largest absolute Gasteiger partial charge is 0.496 e. The van der Waals surface area contributed by atoms with Crippen LogP contribution >= 0.6 is 0 Å². The zero-order valence-electron chi connectivity index (χ0n) is 9.49. The highest BCUT2D eigenvalue weighted by atomic mass is 16.5. The van der Waals surface area contributed by atoms with E-state index in [9.17, 15) is 0 Å². The van der Waals surface area contributed by atoms with Crippen molar-refractivity contribution in [3.63, 3.8) is 0 Å². The molecular formula is C13H19NO. The fourth-order valence-corrected chi connectivity index (χ4v) is 1.92. The number of benzene rings is 1. The summed E-state index contributed by atoms with van der Waals surface area (Å²) in [6.45, 7) is 2.05. The molecule has 1 aromatic rings. The van der Waals surface area contributed by atoms with Crippen molar-refractivity contribution in [2.24, 2.45) is 11.7 Å². The van der Waals surface area contributed by atoms with Crippen LogP contribution in [0.5, 0.6) is 5.75 Å². The molecule has 15 heavy (non-hydrogen) atoms. The minimum absolute atomic E-state index is 0.173. The number of hydrogen-bond donors (Lipinski definition) is 1. The van der Waals surface area contributed by atoms with Crippen LogP contribution in [0.4, 0.5) is 0 Å². The first-order valence-electron chi connectivity index (χ1n) is 5.61. The third-order valence-electron chi connectivity index (χ3n) is 3.14. The summed E-state index contributed by atoms with van der Waals surface area (Å²) in [5.41, 5.74) is 8.52. The Morgan fingerprint density at radius 1 is 1.47 bits per heavy atom. The van der Waals surface area contributed by atoms with Crippen LogP contribution in [0, 0.1) is 12.8 Å². The highest BCUT2D eigenvalue weighted by molar-refractivity contribution is 5.37. The van der Waals surface area contributed by atoms with Gasteiger partial charge in [0.1, 0.15) is 5.75 Å². The highest BCUT2D eigenvalue weighted by Gasteiger charge is 2.24. The Kier molecular flexibility index (Phi) is 2.96. The summed E-state index contributed by atoms with van der Waals surface area (Å²) in [6.07, 6.45) is 3.83. The predicted octanol–water partition coefficient (Wildman–Crippen LogP) is 2.80. The summed E-state index contributed by atoms with van der Waals surface area (Å²) in [5.74, 6) is 1.81. The van der Waals surface area contributed by atoms with Crippen molar-refractivity contribution < 1.29 is 4.74 Å². The molecule has 2 nitrogen and oxygen atoms in total. The Balaban J connectivity index is 2.12. The molecule has 2 rings (SSSR count). The van der Waals surface area contributed by atoms with E-state index in [0.717, 1.165) is 18.1 Å². The van der Waals surface area contributed by atoms with Gasteiger partial charge in [-0.2, -0.15) is 0 Å². The molecule has 0 radical (unpaired) electrons. The quantitative estimate of drug-likeness (QED) is 0.820. The van der Waals surface area contributed by atoms with E-state index < -0.39 is 0 Å². The molecule has 1 aromatic carbocycles. The highest BCUT2D eigenvalue weighted by Crippen LogP contribution is 2.37. The standard InChI is InChI=1S/C13H19NO/c1-9-3-6-11(8-13(9)15-2)12(14)7-10-4-5-10/h3,6,8,10,12H,4-5,7,14H2,1-2H3. The van der Waals surface area contributed by atoms with E-state index in [-0.39, 0.29) is 6.04 Å².